The zero-order chi connectivity index (χ0) is 8.55. The average molecular weight is 176 g/mol. The highest BCUT2D eigenvalue weighted by Gasteiger charge is 1.97. The molecule has 1 heterocycles. The van der Waals surface area contributed by atoms with Crippen LogP contribution in [0.3, 0.4) is 0 Å². The molecule has 0 bridgehead atoms. The van der Waals surface area contributed by atoms with Crippen LogP contribution in [0.5, 0.6) is 0 Å². The molecule has 0 aliphatic carbocycles. The zero-order valence-electron chi connectivity index (χ0n) is 7.41. The highest BCUT2D eigenvalue weighted by molar-refractivity contribution is 5.89. The molecule has 13 heavy (non-hydrogen) atoms. The van der Waals surface area contributed by atoms with E-state index in [4.69, 9.17) is 5.73 Å². The van der Waals surface area contributed by atoms with Crippen molar-refractivity contribution in [2.75, 3.05) is 5.73 Å². The minimum atomic E-state index is 0. The normalized spacial score (nSPS) is 9.62. The van der Waals surface area contributed by atoms with E-state index in [1.165, 1.54) is 0 Å². The van der Waals surface area contributed by atoms with Gasteiger partial charge < -0.3 is 11.2 Å². The summed E-state index contributed by atoms with van der Waals surface area (Å²) in [6, 6.07) is 9.78. The Kier molecular flexibility index (Phi) is 2.49. The summed E-state index contributed by atoms with van der Waals surface area (Å²) in [6.07, 6.45) is 0. The molecule has 4 N–H and O–H groups in total. The lowest BCUT2D eigenvalue weighted by atomic mass is 10.2. The summed E-state index contributed by atoms with van der Waals surface area (Å²) < 4.78 is 0. The fourth-order valence-corrected chi connectivity index (χ4v) is 1.34. The first kappa shape index (κ1) is 9.48. The molecule has 0 unspecified atom stereocenters. The molecule has 3 heteroatoms. The van der Waals surface area contributed by atoms with Crippen LogP contribution in [0.4, 0.5) is 5.69 Å². The summed E-state index contributed by atoms with van der Waals surface area (Å²) in [4.78, 5) is 4.36. The van der Waals surface area contributed by atoms with Gasteiger partial charge >= 0.3 is 0 Å². The molecule has 2 rings (SSSR count). The summed E-state index contributed by atoms with van der Waals surface area (Å²) in [5.41, 5.74) is 8.55. The van der Waals surface area contributed by atoms with Crippen molar-refractivity contribution in [3.05, 3.63) is 36.0 Å². The number of fused-ring (bicyclic) bond motifs is 1. The van der Waals surface area contributed by atoms with Gasteiger partial charge in [-0.3, -0.25) is 4.98 Å². The Morgan fingerprint density at radius 1 is 1.23 bits per heavy atom. The third kappa shape index (κ3) is 1.60. The van der Waals surface area contributed by atoms with Crippen LogP contribution in [0.15, 0.2) is 30.3 Å². The molecule has 0 atom stereocenters. The lowest BCUT2D eigenvalue weighted by Crippen LogP contribution is -1.91. The number of hydrogen-bond donors (Lipinski definition) is 1. The van der Waals surface area contributed by atoms with E-state index < -0.39 is 0 Å². The fraction of sp³-hybridized carbons (Fsp3) is 0.100. The second-order valence-corrected chi connectivity index (χ2v) is 2.87. The van der Waals surface area contributed by atoms with E-state index in [0.717, 1.165) is 22.3 Å². The number of pyridine rings is 1. The largest absolute Gasteiger partial charge is 0.412 e. The predicted molar refractivity (Wildman–Crippen MR) is 54.5 cm³/mol. The Morgan fingerprint density at radius 3 is 2.69 bits per heavy atom. The first-order valence-corrected chi connectivity index (χ1v) is 3.89. The van der Waals surface area contributed by atoms with Crippen molar-refractivity contribution in [1.29, 1.82) is 0 Å². The number of aromatic nitrogens is 1. The molecule has 0 aliphatic rings. The molecule has 0 fully saturated rings. The predicted octanol–water partition coefficient (Wildman–Crippen LogP) is 1.30. The van der Waals surface area contributed by atoms with Crippen molar-refractivity contribution in [3.8, 4) is 0 Å². The van der Waals surface area contributed by atoms with Crippen LogP contribution in [-0.2, 0) is 0 Å². The summed E-state index contributed by atoms with van der Waals surface area (Å²) >= 11 is 0. The number of nitrogen functional groups attached to an aromatic ring is 1. The van der Waals surface area contributed by atoms with Crippen LogP contribution in [0, 0.1) is 6.92 Å². The number of nitrogens with two attached hydrogens (primary N) is 1. The summed E-state index contributed by atoms with van der Waals surface area (Å²) in [5, 5.41) is 1.03. The molecule has 0 saturated heterocycles. The molecular formula is C10H12N2O. The summed E-state index contributed by atoms with van der Waals surface area (Å²) in [7, 11) is 0. The zero-order valence-corrected chi connectivity index (χ0v) is 7.41. The Bertz CT molecular complexity index is 426. The van der Waals surface area contributed by atoms with E-state index in [1.54, 1.807) is 0 Å². The molecule has 3 nitrogen and oxygen atoms in total. The Balaban J connectivity index is 0.000000845. The molecule has 68 valence electrons. The van der Waals surface area contributed by atoms with Gasteiger partial charge in [-0.15, -0.1) is 0 Å². The maximum Gasteiger partial charge on any atom is 0.0725 e. The molecule has 0 spiro atoms. The third-order valence-electron chi connectivity index (χ3n) is 1.88. The van der Waals surface area contributed by atoms with Crippen molar-refractivity contribution in [1.82, 2.24) is 4.98 Å². The van der Waals surface area contributed by atoms with Crippen molar-refractivity contribution in [2.45, 2.75) is 6.92 Å². The number of para-hydroxylation sites is 1. The first-order valence-electron chi connectivity index (χ1n) is 3.89. The minimum absolute atomic E-state index is 0. The SMILES string of the molecule is Cc1cc(N)c2ccccc2n1.O. The van der Waals surface area contributed by atoms with Crippen molar-refractivity contribution in [2.24, 2.45) is 0 Å². The molecule has 1 aromatic carbocycles. The quantitative estimate of drug-likeness (QED) is 0.657. The summed E-state index contributed by atoms with van der Waals surface area (Å²) in [6.45, 7) is 1.95. The van der Waals surface area contributed by atoms with Crippen molar-refractivity contribution < 1.29 is 5.48 Å². The number of aryl methyl sites for hydroxylation is 1. The Hall–Kier alpha value is -1.61. The fourth-order valence-electron chi connectivity index (χ4n) is 1.34. The monoisotopic (exact) mass is 176 g/mol. The molecule has 0 radical (unpaired) electrons. The minimum Gasteiger partial charge on any atom is -0.412 e. The Labute approximate surface area is 76.5 Å². The maximum absolute atomic E-state index is 5.82. The number of anilines is 1. The number of hydrogen-bond acceptors (Lipinski definition) is 2. The van der Waals surface area contributed by atoms with Gasteiger partial charge in [-0.2, -0.15) is 0 Å². The van der Waals surface area contributed by atoms with E-state index in [2.05, 4.69) is 4.98 Å². The van der Waals surface area contributed by atoms with Crippen LogP contribution in [0.1, 0.15) is 5.69 Å². The van der Waals surface area contributed by atoms with E-state index >= 15 is 0 Å². The molecule has 1 aromatic heterocycles. The lowest BCUT2D eigenvalue weighted by Gasteiger charge is -2.01. The number of rotatable bonds is 0. The summed E-state index contributed by atoms with van der Waals surface area (Å²) in [5.74, 6) is 0. The van der Waals surface area contributed by atoms with E-state index in [1.807, 2.05) is 37.3 Å². The second kappa shape index (κ2) is 3.41. The van der Waals surface area contributed by atoms with E-state index in [0.29, 0.717) is 0 Å². The van der Waals surface area contributed by atoms with Crippen LogP contribution < -0.4 is 5.73 Å². The highest BCUT2D eigenvalue weighted by Crippen LogP contribution is 2.19. The molecule has 0 amide bonds. The van der Waals surface area contributed by atoms with Crippen molar-refractivity contribution in [3.63, 3.8) is 0 Å². The van der Waals surface area contributed by atoms with Crippen LogP contribution in [-0.4, -0.2) is 10.5 Å². The molecule has 0 aliphatic heterocycles. The van der Waals surface area contributed by atoms with Crippen molar-refractivity contribution >= 4 is 16.6 Å². The van der Waals surface area contributed by atoms with Crippen LogP contribution in [0.25, 0.3) is 10.9 Å². The standard InChI is InChI=1S/C10H10N2.H2O/c1-7-6-9(11)8-4-2-3-5-10(8)12-7;/h2-6H,1H3,(H2,11,12);1H2. The van der Waals surface area contributed by atoms with Gasteiger partial charge in [-0.25, -0.2) is 0 Å². The number of nitrogens with zero attached hydrogens (tertiary/aromatic N) is 1. The van der Waals surface area contributed by atoms with E-state index in [-0.39, 0.29) is 5.48 Å². The van der Waals surface area contributed by atoms with Gasteiger partial charge in [0, 0.05) is 16.8 Å². The lowest BCUT2D eigenvalue weighted by molar-refractivity contribution is 0.824. The van der Waals surface area contributed by atoms with Gasteiger partial charge in [0.25, 0.3) is 0 Å². The van der Waals surface area contributed by atoms with Gasteiger partial charge in [0.15, 0.2) is 0 Å². The molecular weight excluding hydrogens is 164 g/mol. The van der Waals surface area contributed by atoms with Gasteiger partial charge in [-0.05, 0) is 19.1 Å². The first-order chi connectivity index (χ1) is 5.77. The van der Waals surface area contributed by atoms with Gasteiger partial charge in [-0.1, -0.05) is 18.2 Å². The van der Waals surface area contributed by atoms with Gasteiger partial charge in [0.1, 0.15) is 0 Å². The molecule has 2 aromatic rings. The third-order valence-corrected chi connectivity index (χ3v) is 1.88. The molecule has 0 saturated carbocycles. The topological polar surface area (TPSA) is 70.4 Å². The van der Waals surface area contributed by atoms with Crippen LogP contribution in [0.2, 0.25) is 0 Å². The van der Waals surface area contributed by atoms with Gasteiger partial charge in [0.2, 0.25) is 0 Å². The Morgan fingerprint density at radius 2 is 1.92 bits per heavy atom. The number of benzene rings is 1. The van der Waals surface area contributed by atoms with Gasteiger partial charge in [0.05, 0.1) is 5.52 Å². The smallest absolute Gasteiger partial charge is 0.0725 e. The average Bonchev–Trinajstić information content (AvgIpc) is 2.04. The second-order valence-electron chi connectivity index (χ2n) is 2.87. The maximum atomic E-state index is 5.82. The van der Waals surface area contributed by atoms with Crippen LogP contribution >= 0.6 is 0 Å². The highest BCUT2D eigenvalue weighted by atomic mass is 16.0. The van der Waals surface area contributed by atoms with E-state index in [9.17, 15) is 0 Å².